The third kappa shape index (κ3) is 4.85. The summed E-state index contributed by atoms with van der Waals surface area (Å²) >= 11 is 0. The van der Waals surface area contributed by atoms with E-state index in [9.17, 15) is 18.0 Å². The lowest BCUT2D eigenvalue weighted by Crippen LogP contribution is -2.55. The minimum absolute atomic E-state index is 0.134. The molecule has 0 aromatic rings. The van der Waals surface area contributed by atoms with E-state index < -0.39 is 24.4 Å². The van der Waals surface area contributed by atoms with Crippen molar-refractivity contribution in [1.29, 1.82) is 0 Å². The van der Waals surface area contributed by atoms with Gasteiger partial charge in [-0.3, -0.25) is 4.79 Å². The summed E-state index contributed by atoms with van der Waals surface area (Å²) in [4.78, 5) is 12.2. The smallest absolute Gasteiger partial charge is 0.369 e. The van der Waals surface area contributed by atoms with Crippen LogP contribution in [0.2, 0.25) is 0 Å². The van der Waals surface area contributed by atoms with Gasteiger partial charge in [0, 0.05) is 6.04 Å². The lowest BCUT2D eigenvalue weighted by Gasteiger charge is -2.32. The fourth-order valence-corrected chi connectivity index (χ4v) is 3.20. The second-order valence-electron chi connectivity index (χ2n) is 6.25. The van der Waals surface area contributed by atoms with Crippen LogP contribution in [0.3, 0.4) is 0 Å². The zero-order valence-electron chi connectivity index (χ0n) is 12.0. The number of nitrogens with two attached hydrogens (primary N) is 1. The summed E-state index contributed by atoms with van der Waals surface area (Å²) in [6.45, 7) is -1.22. The van der Waals surface area contributed by atoms with Gasteiger partial charge in [0.1, 0.15) is 6.61 Å². The minimum atomic E-state index is -4.30. The number of rotatable bonds is 4. The third-order valence-electron chi connectivity index (χ3n) is 4.39. The fraction of sp³-hybridized carbons (Fsp3) is 0.929. The number of carbonyl (C=O) groups is 1. The molecule has 122 valence electrons. The molecule has 4 nitrogen and oxygen atoms in total. The quantitative estimate of drug-likeness (QED) is 0.837. The Bertz CT molecular complexity index is 368. The number of carbonyl (C=O) groups excluding carboxylic acids is 1. The standard InChI is InChI=1S/C14H23F3N2O2/c15-14(16,17)9-21-11-5-3-4-10(8-11)19-12(20)13(18)6-1-2-7-13/h10-11H,1-9,18H2,(H,19,20). The van der Waals surface area contributed by atoms with Crippen molar-refractivity contribution >= 4 is 5.91 Å². The van der Waals surface area contributed by atoms with Crippen molar-refractivity contribution in [3.8, 4) is 0 Å². The van der Waals surface area contributed by atoms with E-state index in [-0.39, 0.29) is 11.9 Å². The van der Waals surface area contributed by atoms with E-state index in [1.54, 1.807) is 0 Å². The third-order valence-corrected chi connectivity index (χ3v) is 4.39. The molecule has 2 unspecified atom stereocenters. The lowest BCUT2D eigenvalue weighted by molar-refractivity contribution is -0.188. The summed E-state index contributed by atoms with van der Waals surface area (Å²) < 4.78 is 41.4. The van der Waals surface area contributed by atoms with Crippen LogP contribution in [0.5, 0.6) is 0 Å². The van der Waals surface area contributed by atoms with Crippen molar-refractivity contribution in [2.24, 2.45) is 5.73 Å². The normalized spacial score (nSPS) is 29.3. The van der Waals surface area contributed by atoms with Gasteiger partial charge in [-0.25, -0.2) is 0 Å². The molecule has 0 spiro atoms. The Morgan fingerprint density at radius 1 is 1.24 bits per heavy atom. The maximum Gasteiger partial charge on any atom is 0.411 e. The average Bonchev–Trinajstić information content (AvgIpc) is 2.84. The van der Waals surface area contributed by atoms with Gasteiger partial charge in [-0.05, 0) is 38.5 Å². The van der Waals surface area contributed by atoms with Gasteiger partial charge in [-0.15, -0.1) is 0 Å². The summed E-state index contributed by atoms with van der Waals surface area (Å²) in [5.74, 6) is -0.165. The van der Waals surface area contributed by atoms with Crippen LogP contribution in [0.25, 0.3) is 0 Å². The van der Waals surface area contributed by atoms with E-state index >= 15 is 0 Å². The first-order chi connectivity index (χ1) is 9.78. The van der Waals surface area contributed by atoms with E-state index in [1.807, 2.05) is 0 Å². The maximum absolute atomic E-state index is 12.2. The van der Waals surface area contributed by atoms with E-state index in [0.29, 0.717) is 25.7 Å². The maximum atomic E-state index is 12.2. The van der Waals surface area contributed by atoms with Crippen LogP contribution in [0, 0.1) is 0 Å². The van der Waals surface area contributed by atoms with E-state index in [1.165, 1.54) is 0 Å². The first-order valence-corrected chi connectivity index (χ1v) is 7.57. The molecule has 0 bridgehead atoms. The van der Waals surface area contributed by atoms with Crippen LogP contribution < -0.4 is 11.1 Å². The molecule has 0 aliphatic heterocycles. The molecule has 2 rings (SSSR count). The second-order valence-corrected chi connectivity index (χ2v) is 6.25. The predicted octanol–water partition coefficient (Wildman–Crippen LogP) is 2.26. The molecule has 7 heteroatoms. The van der Waals surface area contributed by atoms with Gasteiger partial charge in [0.05, 0.1) is 11.6 Å². The van der Waals surface area contributed by atoms with Gasteiger partial charge in [0.25, 0.3) is 0 Å². The zero-order chi connectivity index (χ0) is 15.5. The molecule has 0 aromatic heterocycles. The first kappa shape index (κ1) is 16.5. The molecular formula is C14H23F3N2O2. The molecule has 2 aliphatic carbocycles. The van der Waals surface area contributed by atoms with Gasteiger partial charge in [0.15, 0.2) is 0 Å². The number of ether oxygens (including phenoxy) is 1. The summed E-state index contributed by atoms with van der Waals surface area (Å²) in [7, 11) is 0. The highest BCUT2D eigenvalue weighted by Gasteiger charge is 2.38. The van der Waals surface area contributed by atoms with Gasteiger partial charge >= 0.3 is 6.18 Å². The first-order valence-electron chi connectivity index (χ1n) is 7.57. The average molecular weight is 308 g/mol. The summed E-state index contributed by atoms with van der Waals surface area (Å²) in [6, 6.07) is -0.134. The van der Waals surface area contributed by atoms with Gasteiger partial charge in [-0.2, -0.15) is 13.2 Å². The highest BCUT2D eigenvalue weighted by Crippen LogP contribution is 2.29. The Kier molecular flexibility index (Phi) is 5.14. The molecule has 0 radical (unpaired) electrons. The number of alkyl halides is 3. The molecule has 2 fully saturated rings. The zero-order valence-corrected chi connectivity index (χ0v) is 12.0. The van der Waals surface area contributed by atoms with Gasteiger partial charge < -0.3 is 15.8 Å². The Morgan fingerprint density at radius 2 is 1.90 bits per heavy atom. The predicted molar refractivity (Wildman–Crippen MR) is 71.6 cm³/mol. The van der Waals surface area contributed by atoms with Crippen LogP contribution in [-0.2, 0) is 9.53 Å². The van der Waals surface area contributed by atoms with Crippen LogP contribution >= 0.6 is 0 Å². The van der Waals surface area contributed by atoms with Crippen molar-refractivity contribution in [3.05, 3.63) is 0 Å². The molecule has 2 atom stereocenters. The Labute approximate surface area is 122 Å². The SMILES string of the molecule is NC1(C(=O)NC2CCCC(OCC(F)(F)F)C2)CCCC1. The Morgan fingerprint density at radius 3 is 2.52 bits per heavy atom. The summed E-state index contributed by atoms with van der Waals surface area (Å²) in [6.07, 6.45) is 1.08. The van der Waals surface area contributed by atoms with Gasteiger partial charge in [-0.1, -0.05) is 12.8 Å². The Balaban J connectivity index is 1.79. The topological polar surface area (TPSA) is 64.4 Å². The molecule has 0 saturated heterocycles. The van der Waals surface area contributed by atoms with Crippen molar-refractivity contribution < 1.29 is 22.7 Å². The van der Waals surface area contributed by atoms with E-state index in [4.69, 9.17) is 10.5 Å². The highest BCUT2D eigenvalue weighted by molar-refractivity contribution is 5.86. The number of nitrogens with one attached hydrogen (secondary N) is 1. The number of hydrogen-bond donors (Lipinski definition) is 2. The number of hydrogen-bond acceptors (Lipinski definition) is 3. The van der Waals surface area contributed by atoms with Crippen molar-refractivity contribution in [2.45, 2.75) is 75.2 Å². The molecule has 0 heterocycles. The largest absolute Gasteiger partial charge is 0.411 e. The lowest BCUT2D eigenvalue weighted by atomic mass is 9.91. The summed E-state index contributed by atoms with van der Waals surface area (Å²) in [5, 5.41) is 2.90. The Hall–Kier alpha value is -0.820. The van der Waals surface area contributed by atoms with Crippen LogP contribution in [0.4, 0.5) is 13.2 Å². The van der Waals surface area contributed by atoms with Crippen molar-refractivity contribution in [2.75, 3.05) is 6.61 Å². The second kappa shape index (κ2) is 6.52. The molecule has 21 heavy (non-hydrogen) atoms. The van der Waals surface area contributed by atoms with Crippen molar-refractivity contribution in [1.82, 2.24) is 5.32 Å². The molecule has 0 aromatic carbocycles. The molecule has 2 aliphatic rings. The molecule has 1 amide bonds. The molecule has 3 N–H and O–H groups in total. The number of halogens is 3. The minimum Gasteiger partial charge on any atom is -0.369 e. The van der Waals surface area contributed by atoms with Gasteiger partial charge in [0.2, 0.25) is 5.91 Å². The van der Waals surface area contributed by atoms with Crippen LogP contribution in [0.1, 0.15) is 51.4 Å². The fourth-order valence-electron chi connectivity index (χ4n) is 3.20. The number of amides is 1. The monoisotopic (exact) mass is 308 g/mol. The molecular weight excluding hydrogens is 285 g/mol. The summed E-state index contributed by atoms with van der Waals surface area (Å²) in [5.41, 5.74) is 5.29. The van der Waals surface area contributed by atoms with E-state index in [0.717, 1.165) is 25.7 Å². The van der Waals surface area contributed by atoms with Crippen molar-refractivity contribution in [3.63, 3.8) is 0 Å². The van der Waals surface area contributed by atoms with Crippen LogP contribution in [0.15, 0.2) is 0 Å². The highest BCUT2D eigenvalue weighted by atomic mass is 19.4. The molecule has 2 saturated carbocycles. The van der Waals surface area contributed by atoms with Crippen LogP contribution in [-0.4, -0.2) is 36.4 Å². The van der Waals surface area contributed by atoms with E-state index in [2.05, 4.69) is 5.32 Å².